The number of hydrogen-bond donors (Lipinski definition) is 3. The van der Waals surface area contributed by atoms with Gasteiger partial charge in [0, 0.05) is 55.3 Å². The van der Waals surface area contributed by atoms with Crippen LogP contribution in [0.25, 0.3) is 22.3 Å². The van der Waals surface area contributed by atoms with Crippen LogP contribution >= 0.6 is 0 Å². The van der Waals surface area contributed by atoms with Crippen molar-refractivity contribution >= 4 is 28.7 Å². The first kappa shape index (κ1) is 21.5. The molecule has 3 fully saturated rings. The number of nitrogens with one attached hydrogen (secondary N) is 1. The molecule has 166 valence electrons. The number of nitrogens with zero attached hydrogens (tertiary/aromatic N) is 4. The van der Waals surface area contributed by atoms with E-state index in [9.17, 15) is 9.59 Å². The highest BCUT2D eigenvalue weighted by molar-refractivity contribution is 5.89. The lowest BCUT2D eigenvalue weighted by molar-refractivity contribution is -0.134. The Bertz CT molecular complexity index is 1070. The van der Waals surface area contributed by atoms with Crippen LogP contribution in [-0.2, 0) is 9.59 Å². The average Bonchev–Trinajstić information content (AvgIpc) is 3.01. The van der Waals surface area contributed by atoms with Crippen molar-refractivity contribution in [1.29, 1.82) is 0 Å². The largest absolute Gasteiger partial charge is 0.478 e. The fourth-order valence-electron chi connectivity index (χ4n) is 4.16. The van der Waals surface area contributed by atoms with Gasteiger partial charge < -0.3 is 25.0 Å². The lowest BCUT2D eigenvalue weighted by Gasteiger charge is -2.31. The summed E-state index contributed by atoms with van der Waals surface area (Å²) in [6.07, 6.45) is 3.60. The average molecular weight is 435 g/mol. The third-order valence-electron chi connectivity index (χ3n) is 5.77. The molecule has 0 spiro atoms. The van der Waals surface area contributed by atoms with Gasteiger partial charge in [-0.25, -0.2) is 9.59 Å². The topological polar surface area (TPSA) is 123 Å². The van der Waals surface area contributed by atoms with Gasteiger partial charge in [0.1, 0.15) is 5.69 Å². The van der Waals surface area contributed by atoms with Gasteiger partial charge >= 0.3 is 11.9 Å². The molecule has 6 rings (SSSR count). The van der Waals surface area contributed by atoms with Crippen LogP contribution in [0.5, 0.6) is 0 Å². The standard InChI is InChI=1S/C19H21N5.C4H4O4/c1-2-4-16-14(3-1)13-18(20-16)17-5-6-19(22-21-17)24-12-11-23-9-7-15(24)8-10-23;5-3(6)1-2-4(7)8/h1-6,13,15,20H,7-12H2;1-2H,(H,5,6)(H,7,8)/b;2-1+. The maximum Gasteiger partial charge on any atom is 0.328 e. The van der Waals surface area contributed by atoms with Crippen LogP contribution in [0, 0.1) is 0 Å². The summed E-state index contributed by atoms with van der Waals surface area (Å²) in [6.45, 7) is 4.65. The summed E-state index contributed by atoms with van der Waals surface area (Å²) in [4.78, 5) is 27.5. The zero-order valence-corrected chi connectivity index (χ0v) is 17.5. The van der Waals surface area contributed by atoms with Gasteiger partial charge in [-0.05, 0) is 37.1 Å². The molecule has 2 aromatic heterocycles. The van der Waals surface area contributed by atoms with Gasteiger partial charge in [-0.1, -0.05) is 18.2 Å². The van der Waals surface area contributed by atoms with Crippen molar-refractivity contribution < 1.29 is 19.8 Å². The maximum absolute atomic E-state index is 9.55. The Morgan fingerprint density at radius 2 is 1.66 bits per heavy atom. The van der Waals surface area contributed by atoms with Gasteiger partial charge in [-0.3, -0.25) is 0 Å². The number of fused-ring (bicyclic) bond motifs is 5. The highest BCUT2D eigenvalue weighted by Crippen LogP contribution is 2.27. The molecule has 9 nitrogen and oxygen atoms in total. The van der Waals surface area contributed by atoms with Crippen molar-refractivity contribution in [3.63, 3.8) is 0 Å². The van der Waals surface area contributed by atoms with E-state index in [4.69, 9.17) is 10.2 Å². The van der Waals surface area contributed by atoms with Gasteiger partial charge in [0.25, 0.3) is 0 Å². The van der Waals surface area contributed by atoms with Crippen LogP contribution < -0.4 is 4.90 Å². The van der Waals surface area contributed by atoms with Crippen LogP contribution in [0.4, 0.5) is 5.82 Å². The number of para-hydroxylation sites is 1. The second-order valence-corrected chi connectivity index (χ2v) is 7.82. The van der Waals surface area contributed by atoms with Gasteiger partial charge in [-0.15, -0.1) is 10.2 Å². The summed E-state index contributed by atoms with van der Waals surface area (Å²) in [5, 5.41) is 25.9. The minimum absolute atomic E-state index is 0.558. The number of aliphatic carboxylic acids is 2. The second kappa shape index (κ2) is 9.61. The summed E-state index contributed by atoms with van der Waals surface area (Å²) in [5.41, 5.74) is 3.06. The molecule has 0 unspecified atom stereocenters. The lowest BCUT2D eigenvalue weighted by atomic mass is 10.1. The molecular formula is C23H25N5O4. The number of anilines is 1. The smallest absolute Gasteiger partial charge is 0.328 e. The van der Waals surface area contributed by atoms with Crippen LogP contribution in [0.15, 0.2) is 54.6 Å². The number of carboxylic acid groups (broad SMARTS) is 2. The molecule has 0 saturated carbocycles. The molecule has 0 amide bonds. The number of aromatic nitrogens is 3. The molecule has 3 aliphatic rings. The van der Waals surface area contributed by atoms with Crippen molar-refractivity contribution in [2.24, 2.45) is 0 Å². The Hall–Kier alpha value is -3.72. The second-order valence-electron chi connectivity index (χ2n) is 7.82. The monoisotopic (exact) mass is 435 g/mol. The molecule has 0 atom stereocenters. The third-order valence-corrected chi connectivity index (χ3v) is 5.77. The normalized spacial score (nSPS) is 20.1. The van der Waals surface area contributed by atoms with E-state index in [0.29, 0.717) is 18.2 Å². The molecule has 0 radical (unpaired) electrons. The Labute approximate surface area is 185 Å². The molecule has 3 N–H and O–H groups in total. The number of aromatic amines is 1. The highest BCUT2D eigenvalue weighted by atomic mass is 16.4. The summed E-state index contributed by atoms with van der Waals surface area (Å²) in [7, 11) is 0. The van der Waals surface area contributed by atoms with Crippen LogP contribution in [0.1, 0.15) is 12.8 Å². The minimum Gasteiger partial charge on any atom is -0.478 e. The SMILES string of the molecule is O=C(O)/C=C/C(=O)O.c1ccc2[nH]c(-c3ccc(N4CCN5CCC4CC5)nn3)cc2c1. The molecule has 3 aliphatic heterocycles. The Balaban J connectivity index is 0.000000265. The summed E-state index contributed by atoms with van der Waals surface area (Å²) >= 11 is 0. The van der Waals surface area contributed by atoms with Crippen LogP contribution in [0.2, 0.25) is 0 Å². The molecule has 9 heteroatoms. The summed E-state index contributed by atoms with van der Waals surface area (Å²) in [5.74, 6) is -1.50. The van der Waals surface area contributed by atoms with Crippen molar-refractivity contribution in [2.75, 3.05) is 31.1 Å². The van der Waals surface area contributed by atoms with Crippen LogP contribution in [-0.4, -0.2) is 74.5 Å². The van der Waals surface area contributed by atoms with E-state index in [0.717, 1.165) is 35.8 Å². The van der Waals surface area contributed by atoms with Gasteiger partial charge in [-0.2, -0.15) is 0 Å². The van der Waals surface area contributed by atoms with E-state index in [1.54, 1.807) is 0 Å². The first-order chi connectivity index (χ1) is 15.5. The Morgan fingerprint density at radius 1 is 0.938 bits per heavy atom. The molecule has 1 aromatic carbocycles. The zero-order valence-electron chi connectivity index (χ0n) is 17.5. The van der Waals surface area contributed by atoms with Crippen LogP contribution in [0.3, 0.4) is 0 Å². The summed E-state index contributed by atoms with van der Waals surface area (Å²) in [6, 6.07) is 15.3. The van der Waals surface area contributed by atoms with E-state index < -0.39 is 11.9 Å². The molecule has 5 heterocycles. The first-order valence-electron chi connectivity index (χ1n) is 10.5. The predicted molar refractivity (Wildman–Crippen MR) is 121 cm³/mol. The van der Waals surface area contributed by atoms with E-state index in [1.165, 1.54) is 31.3 Å². The van der Waals surface area contributed by atoms with E-state index in [2.05, 4.69) is 61.4 Å². The maximum atomic E-state index is 9.55. The van der Waals surface area contributed by atoms with Gasteiger partial charge in [0.05, 0.1) is 5.69 Å². The number of piperidine rings is 1. The highest BCUT2D eigenvalue weighted by Gasteiger charge is 2.29. The van der Waals surface area contributed by atoms with E-state index >= 15 is 0 Å². The number of carbonyl (C=O) groups is 2. The fraction of sp³-hybridized carbons (Fsp3) is 0.304. The molecule has 3 aromatic rings. The molecule has 0 aliphatic carbocycles. The predicted octanol–water partition coefficient (Wildman–Crippen LogP) is 2.62. The molecule has 2 bridgehead atoms. The summed E-state index contributed by atoms with van der Waals surface area (Å²) < 4.78 is 0. The molecule has 3 saturated heterocycles. The van der Waals surface area contributed by atoms with Gasteiger partial charge in [0.15, 0.2) is 5.82 Å². The number of H-pyrrole nitrogens is 1. The number of benzene rings is 1. The zero-order chi connectivity index (χ0) is 22.5. The lowest BCUT2D eigenvalue weighted by Crippen LogP contribution is -2.38. The van der Waals surface area contributed by atoms with Gasteiger partial charge in [0.2, 0.25) is 0 Å². The van der Waals surface area contributed by atoms with E-state index in [-0.39, 0.29) is 0 Å². The Kier molecular flexibility index (Phi) is 6.46. The minimum atomic E-state index is -1.26. The first-order valence-corrected chi connectivity index (χ1v) is 10.5. The van der Waals surface area contributed by atoms with Crippen molar-refractivity contribution in [2.45, 2.75) is 18.9 Å². The van der Waals surface area contributed by atoms with Crippen molar-refractivity contribution in [1.82, 2.24) is 20.1 Å². The van der Waals surface area contributed by atoms with Crippen molar-refractivity contribution in [3.05, 3.63) is 54.6 Å². The molecule has 32 heavy (non-hydrogen) atoms. The quantitative estimate of drug-likeness (QED) is 0.535. The number of rotatable bonds is 4. The fourth-order valence-corrected chi connectivity index (χ4v) is 4.16. The number of carboxylic acids is 2. The van der Waals surface area contributed by atoms with Crippen molar-refractivity contribution in [3.8, 4) is 11.4 Å². The number of hydrogen-bond acceptors (Lipinski definition) is 6. The Morgan fingerprint density at radius 3 is 2.28 bits per heavy atom. The molecular weight excluding hydrogens is 410 g/mol. The van der Waals surface area contributed by atoms with E-state index in [1.807, 2.05) is 6.07 Å². The third kappa shape index (κ3) is 5.12.